The van der Waals surface area contributed by atoms with Crippen molar-refractivity contribution in [1.82, 2.24) is 10.1 Å². The first-order chi connectivity index (χ1) is 4.47. The Morgan fingerprint density at radius 1 is 1.33 bits per heavy atom. The lowest BCUT2D eigenvalue weighted by Gasteiger charge is -1.78. The normalized spacial score (nSPS) is 10.2. The third-order valence-electron chi connectivity index (χ3n) is 1.15. The van der Waals surface area contributed by atoms with Gasteiger partial charge in [-0.15, -0.1) is 0 Å². The molecule has 3 nitrogen and oxygen atoms in total. The van der Waals surface area contributed by atoms with Gasteiger partial charge in [-0.3, -0.25) is 4.98 Å². The van der Waals surface area contributed by atoms with Crippen molar-refractivity contribution >= 4 is 11.0 Å². The van der Waals surface area contributed by atoms with E-state index < -0.39 is 0 Å². The molecular weight excluding hydrogens is 116 g/mol. The molecule has 2 rings (SSSR count). The molecule has 0 N–H and O–H groups in total. The van der Waals surface area contributed by atoms with Gasteiger partial charge < -0.3 is 4.52 Å². The minimum absolute atomic E-state index is 0.782. The van der Waals surface area contributed by atoms with E-state index in [0.29, 0.717) is 0 Å². The van der Waals surface area contributed by atoms with Gasteiger partial charge in [-0.25, -0.2) is 0 Å². The summed E-state index contributed by atoms with van der Waals surface area (Å²) >= 11 is 0. The van der Waals surface area contributed by atoms with Gasteiger partial charge in [0.05, 0.1) is 11.6 Å². The lowest BCUT2D eigenvalue weighted by atomic mass is 10.4. The van der Waals surface area contributed by atoms with Crippen LogP contribution in [0.4, 0.5) is 0 Å². The van der Waals surface area contributed by atoms with Gasteiger partial charge in [0.25, 0.3) is 0 Å². The molecule has 0 saturated carbocycles. The van der Waals surface area contributed by atoms with Crippen LogP contribution in [0, 0.1) is 0 Å². The minimum atomic E-state index is 0.782. The monoisotopic (exact) mass is 120 g/mol. The van der Waals surface area contributed by atoms with Crippen molar-refractivity contribution < 1.29 is 4.52 Å². The Kier molecular flexibility index (Phi) is 0.773. The molecule has 0 fully saturated rings. The van der Waals surface area contributed by atoms with E-state index in [1.807, 2.05) is 0 Å². The molecule has 0 aliphatic rings. The highest BCUT2D eigenvalue weighted by atomic mass is 16.5. The van der Waals surface area contributed by atoms with Gasteiger partial charge in [0.1, 0.15) is 0 Å². The maximum absolute atomic E-state index is 4.83. The molecule has 2 aromatic heterocycles. The number of pyridine rings is 1. The summed E-state index contributed by atoms with van der Waals surface area (Å²) in [4.78, 5) is 3.89. The smallest absolute Gasteiger partial charge is 0.169 e. The highest BCUT2D eigenvalue weighted by Crippen LogP contribution is 2.08. The fourth-order valence-corrected chi connectivity index (χ4v) is 0.714. The standard InChI is InChI=1S/C6H4N2O/c1-2-7-3-5-4-8-9-6(1)5/h1-4H. The van der Waals surface area contributed by atoms with Crippen LogP contribution in [0.5, 0.6) is 0 Å². The Bertz CT molecular complexity index is 285. The van der Waals surface area contributed by atoms with Crippen LogP contribution in [0.15, 0.2) is 29.2 Å². The summed E-state index contributed by atoms with van der Waals surface area (Å²) in [6.07, 6.45) is 5.03. The Labute approximate surface area is 51.3 Å². The fourth-order valence-electron chi connectivity index (χ4n) is 0.714. The molecule has 0 amide bonds. The largest absolute Gasteiger partial charge is 0.356 e. The van der Waals surface area contributed by atoms with E-state index in [2.05, 4.69) is 10.1 Å². The van der Waals surface area contributed by atoms with Gasteiger partial charge >= 0.3 is 0 Å². The van der Waals surface area contributed by atoms with Crippen LogP contribution >= 0.6 is 0 Å². The van der Waals surface area contributed by atoms with E-state index >= 15 is 0 Å². The first-order valence-electron chi connectivity index (χ1n) is 2.61. The van der Waals surface area contributed by atoms with E-state index in [9.17, 15) is 0 Å². The van der Waals surface area contributed by atoms with Crippen LogP contribution < -0.4 is 0 Å². The second kappa shape index (κ2) is 1.55. The Morgan fingerprint density at radius 2 is 2.33 bits per heavy atom. The Morgan fingerprint density at radius 3 is 3.22 bits per heavy atom. The lowest BCUT2D eigenvalue weighted by Crippen LogP contribution is -1.65. The molecule has 44 valence electrons. The van der Waals surface area contributed by atoms with Gasteiger partial charge in [0, 0.05) is 18.5 Å². The average Bonchev–Trinajstić information content (AvgIpc) is 2.33. The number of aromatic nitrogens is 2. The predicted octanol–water partition coefficient (Wildman–Crippen LogP) is 1.22. The van der Waals surface area contributed by atoms with Crippen LogP contribution in [0.1, 0.15) is 0 Å². The highest BCUT2D eigenvalue weighted by molar-refractivity contribution is 5.73. The summed E-state index contributed by atoms with van der Waals surface area (Å²) in [5, 5.41) is 4.53. The summed E-state index contributed by atoms with van der Waals surface area (Å²) < 4.78 is 4.83. The zero-order valence-corrected chi connectivity index (χ0v) is 4.61. The SMILES string of the molecule is c1cc2oncc2cn1. The zero-order chi connectivity index (χ0) is 6.10. The second-order valence-electron chi connectivity index (χ2n) is 1.74. The number of hydrogen-bond acceptors (Lipinski definition) is 3. The molecule has 0 atom stereocenters. The molecule has 2 aromatic rings. The highest BCUT2D eigenvalue weighted by Gasteiger charge is 1.92. The van der Waals surface area contributed by atoms with E-state index in [-0.39, 0.29) is 0 Å². The summed E-state index contributed by atoms with van der Waals surface area (Å²) in [6, 6.07) is 1.78. The van der Waals surface area contributed by atoms with Gasteiger partial charge in [0.2, 0.25) is 0 Å². The van der Waals surface area contributed by atoms with Crippen LogP contribution in [-0.2, 0) is 0 Å². The molecule has 0 aromatic carbocycles. The molecule has 0 bridgehead atoms. The summed E-state index contributed by atoms with van der Waals surface area (Å²) in [6.45, 7) is 0. The summed E-state index contributed by atoms with van der Waals surface area (Å²) in [7, 11) is 0. The number of fused-ring (bicyclic) bond motifs is 1. The van der Waals surface area contributed by atoms with Crippen molar-refractivity contribution in [3.05, 3.63) is 24.7 Å². The minimum Gasteiger partial charge on any atom is -0.356 e. The third kappa shape index (κ3) is 0.579. The van der Waals surface area contributed by atoms with Gasteiger partial charge in [-0.05, 0) is 0 Å². The molecule has 0 saturated heterocycles. The van der Waals surface area contributed by atoms with E-state index in [1.165, 1.54) is 0 Å². The first-order valence-corrected chi connectivity index (χ1v) is 2.61. The van der Waals surface area contributed by atoms with Crippen LogP contribution in [0.3, 0.4) is 0 Å². The second-order valence-corrected chi connectivity index (χ2v) is 1.74. The Hall–Kier alpha value is -1.38. The quantitative estimate of drug-likeness (QED) is 0.524. The van der Waals surface area contributed by atoms with Crippen LogP contribution in [-0.4, -0.2) is 10.1 Å². The van der Waals surface area contributed by atoms with Gasteiger partial charge in [0.15, 0.2) is 5.58 Å². The summed E-state index contributed by atoms with van der Waals surface area (Å²) in [5.74, 6) is 0. The fraction of sp³-hybridized carbons (Fsp3) is 0. The first kappa shape index (κ1) is 4.49. The molecule has 3 heteroatoms. The number of hydrogen-bond donors (Lipinski definition) is 0. The molecule has 2 heterocycles. The molecule has 0 aliphatic carbocycles. The van der Waals surface area contributed by atoms with Crippen molar-refractivity contribution in [2.24, 2.45) is 0 Å². The molecule has 0 unspecified atom stereocenters. The van der Waals surface area contributed by atoms with Crippen molar-refractivity contribution in [1.29, 1.82) is 0 Å². The van der Waals surface area contributed by atoms with E-state index in [1.54, 1.807) is 24.7 Å². The maximum Gasteiger partial charge on any atom is 0.169 e. The van der Waals surface area contributed by atoms with Crippen molar-refractivity contribution in [3.63, 3.8) is 0 Å². The van der Waals surface area contributed by atoms with Crippen molar-refractivity contribution in [3.8, 4) is 0 Å². The van der Waals surface area contributed by atoms with Crippen molar-refractivity contribution in [2.75, 3.05) is 0 Å². The lowest BCUT2D eigenvalue weighted by molar-refractivity contribution is 0.456. The van der Waals surface area contributed by atoms with Crippen LogP contribution in [0.2, 0.25) is 0 Å². The Balaban J connectivity index is 2.95. The van der Waals surface area contributed by atoms with E-state index in [0.717, 1.165) is 11.0 Å². The molecule has 0 spiro atoms. The van der Waals surface area contributed by atoms with Crippen LogP contribution in [0.25, 0.3) is 11.0 Å². The maximum atomic E-state index is 4.83. The predicted molar refractivity (Wildman–Crippen MR) is 31.8 cm³/mol. The average molecular weight is 120 g/mol. The molecule has 0 aliphatic heterocycles. The van der Waals surface area contributed by atoms with Crippen molar-refractivity contribution in [2.45, 2.75) is 0 Å². The zero-order valence-electron chi connectivity index (χ0n) is 4.61. The number of nitrogens with zero attached hydrogens (tertiary/aromatic N) is 2. The summed E-state index contributed by atoms with van der Waals surface area (Å²) in [5.41, 5.74) is 0.782. The topological polar surface area (TPSA) is 38.9 Å². The molecule has 0 radical (unpaired) electrons. The van der Waals surface area contributed by atoms with E-state index in [4.69, 9.17) is 4.52 Å². The van der Waals surface area contributed by atoms with Gasteiger partial charge in [-0.1, -0.05) is 5.16 Å². The number of rotatable bonds is 0. The molecule has 9 heavy (non-hydrogen) atoms. The van der Waals surface area contributed by atoms with Gasteiger partial charge in [-0.2, -0.15) is 0 Å². The third-order valence-corrected chi connectivity index (χ3v) is 1.15. The molecular formula is C6H4N2O.